The molecule has 0 radical (unpaired) electrons. The first kappa shape index (κ1) is 22.9. The number of amides is 1. The monoisotopic (exact) mass is 465 g/mol. The summed E-state index contributed by atoms with van der Waals surface area (Å²) in [6, 6.07) is 4.06. The number of nitrogens with one attached hydrogen (secondary N) is 3. The zero-order valence-corrected chi connectivity index (χ0v) is 18.7. The molecule has 0 unspecified atom stereocenters. The van der Waals surface area contributed by atoms with Gasteiger partial charge in [-0.1, -0.05) is 6.92 Å². The van der Waals surface area contributed by atoms with Crippen LogP contribution in [0.3, 0.4) is 0 Å². The lowest BCUT2D eigenvalue weighted by atomic mass is 10.0. The highest BCUT2D eigenvalue weighted by Gasteiger charge is 2.37. The number of rotatable bonds is 9. The molecule has 4 N–H and O–H groups in total. The Labute approximate surface area is 195 Å². The summed E-state index contributed by atoms with van der Waals surface area (Å²) in [6.45, 7) is 3.68. The number of nitrogens with zero attached hydrogens (tertiary/aromatic N) is 6. The third kappa shape index (κ3) is 5.03. The third-order valence-corrected chi connectivity index (χ3v) is 5.67. The number of nitriles is 1. The summed E-state index contributed by atoms with van der Waals surface area (Å²) in [5.41, 5.74) is 1.85. The highest BCUT2D eigenvalue weighted by Crippen LogP contribution is 2.37. The molecule has 4 rings (SSSR count). The van der Waals surface area contributed by atoms with Crippen molar-refractivity contribution in [3.05, 3.63) is 47.8 Å². The number of anilines is 3. The summed E-state index contributed by atoms with van der Waals surface area (Å²) in [6.07, 6.45) is 5.89. The molecule has 3 aromatic heterocycles. The number of halogens is 1. The molecule has 12 heteroatoms. The molecule has 0 saturated heterocycles. The second-order valence-corrected chi connectivity index (χ2v) is 8.07. The van der Waals surface area contributed by atoms with Gasteiger partial charge in [0, 0.05) is 0 Å². The SMILES string of the molecule is CC[C@H](NC(=O)O)[C@H](Nc1nc(Nc2cnc(C)c(-n3nccn3)c2)c(C#N)cc1F)C1CC1. The average molecular weight is 465 g/mol. The van der Waals surface area contributed by atoms with E-state index in [1.165, 1.54) is 4.80 Å². The van der Waals surface area contributed by atoms with Gasteiger partial charge in [0.2, 0.25) is 0 Å². The Bertz CT molecular complexity index is 1220. The van der Waals surface area contributed by atoms with E-state index in [1.54, 1.807) is 24.7 Å². The summed E-state index contributed by atoms with van der Waals surface area (Å²) < 4.78 is 14.9. The van der Waals surface area contributed by atoms with E-state index < -0.39 is 18.0 Å². The zero-order chi connectivity index (χ0) is 24.2. The molecule has 1 aliphatic carbocycles. The van der Waals surface area contributed by atoms with E-state index >= 15 is 0 Å². The van der Waals surface area contributed by atoms with Crippen LogP contribution in [0, 0.1) is 30.0 Å². The molecule has 1 aliphatic rings. The molecule has 2 atom stereocenters. The Hall–Kier alpha value is -4.27. The molecular weight excluding hydrogens is 441 g/mol. The van der Waals surface area contributed by atoms with Gasteiger partial charge in [-0.25, -0.2) is 14.2 Å². The van der Waals surface area contributed by atoms with Crippen molar-refractivity contribution >= 4 is 23.4 Å². The Balaban J connectivity index is 1.64. The highest BCUT2D eigenvalue weighted by molar-refractivity contribution is 5.67. The minimum atomic E-state index is -1.13. The van der Waals surface area contributed by atoms with Crippen LogP contribution in [0.5, 0.6) is 0 Å². The summed E-state index contributed by atoms with van der Waals surface area (Å²) in [4.78, 5) is 21.3. The van der Waals surface area contributed by atoms with Gasteiger partial charge in [0.15, 0.2) is 17.5 Å². The minimum absolute atomic E-state index is 0.0149. The van der Waals surface area contributed by atoms with Crippen molar-refractivity contribution < 1.29 is 14.3 Å². The fourth-order valence-corrected chi connectivity index (χ4v) is 3.80. The van der Waals surface area contributed by atoms with Gasteiger partial charge in [-0.3, -0.25) is 4.98 Å². The molecule has 34 heavy (non-hydrogen) atoms. The second kappa shape index (κ2) is 9.70. The molecule has 0 aliphatic heterocycles. The first-order valence-electron chi connectivity index (χ1n) is 10.9. The van der Waals surface area contributed by atoms with E-state index in [2.05, 4.69) is 36.1 Å². The number of hydrogen-bond donors (Lipinski definition) is 4. The molecule has 1 amide bonds. The van der Waals surface area contributed by atoms with Crippen LogP contribution in [-0.4, -0.2) is 48.2 Å². The molecule has 3 aromatic rings. The predicted molar refractivity (Wildman–Crippen MR) is 121 cm³/mol. The molecule has 3 heterocycles. The normalized spacial score (nSPS) is 14.6. The van der Waals surface area contributed by atoms with E-state index in [1.807, 2.05) is 19.9 Å². The van der Waals surface area contributed by atoms with Gasteiger partial charge < -0.3 is 21.1 Å². The maximum absolute atomic E-state index is 14.9. The molecule has 0 spiro atoms. The average Bonchev–Trinajstić information content (AvgIpc) is 3.51. The van der Waals surface area contributed by atoms with E-state index in [4.69, 9.17) is 0 Å². The Morgan fingerprint density at radius 1 is 1.32 bits per heavy atom. The summed E-state index contributed by atoms with van der Waals surface area (Å²) in [5, 5.41) is 35.6. The van der Waals surface area contributed by atoms with Crippen molar-refractivity contribution in [1.82, 2.24) is 30.3 Å². The Kier molecular flexibility index (Phi) is 6.53. The van der Waals surface area contributed by atoms with Crippen LogP contribution in [0.1, 0.15) is 37.4 Å². The lowest BCUT2D eigenvalue weighted by Crippen LogP contribution is -2.47. The van der Waals surface area contributed by atoms with Crippen LogP contribution in [0.4, 0.5) is 26.5 Å². The first-order chi connectivity index (χ1) is 16.4. The maximum Gasteiger partial charge on any atom is 0.404 e. The smallest absolute Gasteiger partial charge is 0.404 e. The van der Waals surface area contributed by atoms with Gasteiger partial charge in [-0.15, -0.1) is 4.80 Å². The predicted octanol–water partition coefficient (Wildman–Crippen LogP) is 3.36. The number of hydrogen-bond acceptors (Lipinski definition) is 8. The molecule has 0 aromatic carbocycles. The highest BCUT2D eigenvalue weighted by atomic mass is 19.1. The fraction of sp³-hybridized carbons (Fsp3) is 0.364. The molecule has 1 saturated carbocycles. The Morgan fingerprint density at radius 3 is 2.68 bits per heavy atom. The van der Waals surface area contributed by atoms with Gasteiger partial charge >= 0.3 is 6.09 Å². The largest absolute Gasteiger partial charge is 0.465 e. The van der Waals surface area contributed by atoms with E-state index in [-0.39, 0.29) is 29.2 Å². The summed E-state index contributed by atoms with van der Waals surface area (Å²) in [5.74, 6) is -0.403. The molecular formula is C22H24FN9O2. The zero-order valence-electron chi connectivity index (χ0n) is 18.7. The number of carboxylic acid groups (broad SMARTS) is 1. The van der Waals surface area contributed by atoms with Gasteiger partial charge in [0.05, 0.1) is 47.6 Å². The van der Waals surface area contributed by atoms with Crippen LogP contribution < -0.4 is 16.0 Å². The van der Waals surface area contributed by atoms with E-state index in [0.717, 1.165) is 18.9 Å². The number of pyridine rings is 2. The standard InChI is InChI=1S/C22H24FN9O2/c1-3-17(29-22(33)34)19(13-4-5-13)30-21-16(23)8-14(10-24)20(31-21)28-15-9-18(12(2)25-11-15)32-26-6-7-27-32/h6-9,11,13,17,19,29H,3-5H2,1-2H3,(H,33,34)(H2,28,30,31)/t17-,19+/m0/s1. The lowest BCUT2D eigenvalue weighted by Gasteiger charge is -2.28. The van der Waals surface area contributed by atoms with Gasteiger partial charge in [0.25, 0.3) is 0 Å². The molecule has 11 nitrogen and oxygen atoms in total. The van der Waals surface area contributed by atoms with Crippen LogP contribution in [0.15, 0.2) is 30.7 Å². The van der Waals surface area contributed by atoms with Gasteiger partial charge in [-0.05, 0) is 44.2 Å². The lowest BCUT2D eigenvalue weighted by molar-refractivity contribution is 0.187. The summed E-state index contributed by atoms with van der Waals surface area (Å²) >= 11 is 0. The second-order valence-electron chi connectivity index (χ2n) is 8.07. The van der Waals surface area contributed by atoms with Crippen molar-refractivity contribution in [1.29, 1.82) is 5.26 Å². The summed E-state index contributed by atoms with van der Waals surface area (Å²) in [7, 11) is 0. The molecule has 0 bridgehead atoms. The van der Waals surface area contributed by atoms with E-state index in [9.17, 15) is 19.6 Å². The topological polar surface area (TPSA) is 154 Å². The maximum atomic E-state index is 14.9. The third-order valence-electron chi connectivity index (χ3n) is 5.67. The van der Waals surface area contributed by atoms with Crippen LogP contribution in [0.2, 0.25) is 0 Å². The quantitative estimate of drug-likeness (QED) is 0.372. The van der Waals surface area contributed by atoms with Gasteiger partial charge in [0.1, 0.15) is 11.8 Å². The number of aromatic nitrogens is 5. The van der Waals surface area contributed by atoms with Crippen molar-refractivity contribution in [2.45, 2.75) is 45.2 Å². The van der Waals surface area contributed by atoms with Gasteiger partial charge in [-0.2, -0.15) is 15.5 Å². The number of aryl methyl sites for hydroxylation is 1. The van der Waals surface area contributed by atoms with Crippen molar-refractivity contribution in [2.75, 3.05) is 10.6 Å². The van der Waals surface area contributed by atoms with E-state index in [0.29, 0.717) is 23.5 Å². The van der Waals surface area contributed by atoms with Crippen molar-refractivity contribution in [3.8, 4) is 11.8 Å². The van der Waals surface area contributed by atoms with Crippen LogP contribution in [0.25, 0.3) is 5.69 Å². The van der Waals surface area contributed by atoms with Crippen LogP contribution in [-0.2, 0) is 0 Å². The van der Waals surface area contributed by atoms with Crippen molar-refractivity contribution in [2.24, 2.45) is 5.92 Å². The minimum Gasteiger partial charge on any atom is -0.465 e. The fourth-order valence-electron chi connectivity index (χ4n) is 3.80. The Morgan fingerprint density at radius 2 is 2.06 bits per heavy atom. The molecule has 1 fully saturated rings. The van der Waals surface area contributed by atoms with Crippen molar-refractivity contribution in [3.63, 3.8) is 0 Å². The van der Waals surface area contributed by atoms with Crippen LogP contribution >= 0.6 is 0 Å². The molecule has 176 valence electrons. The number of carbonyl (C=O) groups is 1. The first-order valence-corrected chi connectivity index (χ1v) is 10.9.